The number of anilines is 1. The number of aromatic nitrogens is 1. The third kappa shape index (κ3) is 5.37. The maximum atomic E-state index is 14.4. The minimum absolute atomic E-state index is 0.0282. The van der Waals surface area contributed by atoms with E-state index >= 15 is 0 Å². The summed E-state index contributed by atoms with van der Waals surface area (Å²) < 4.78 is 15.5. The van der Waals surface area contributed by atoms with Gasteiger partial charge in [-0.3, -0.25) is 14.4 Å². The summed E-state index contributed by atoms with van der Waals surface area (Å²) in [6, 6.07) is 6.98. The van der Waals surface area contributed by atoms with Gasteiger partial charge in [0.1, 0.15) is 17.6 Å². The van der Waals surface area contributed by atoms with Crippen molar-refractivity contribution in [1.29, 1.82) is 5.26 Å². The Hall–Kier alpha value is -3.73. The highest BCUT2D eigenvalue weighted by atomic mass is 19.1. The zero-order chi connectivity index (χ0) is 24.3. The predicted molar refractivity (Wildman–Crippen MR) is 124 cm³/mol. The van der Waals surface area contributed by atoms with Gasteiger partial charge < -0.3 is 14.8 Å². The summed E-state index contributed by atoms with van der Waals surface area (Å²) in [5.41, 5.74) is 2.32. The molecule has 0 bridgehead atoms. The molecule has 1 saturated heterocycles. The Morgan fingerprint density at radius 1 is 1.18 bits per heavy atom. The molecule has 0 spiro atoms. The van der Waals surface area contributed by atoms with Crippen molar-refractivity contribution in [3.05, 3.63) is 68.4 Å². The van der Waals surface area contributed by atoms with E-state index in [0.29, 0.717) is 42.7 Å². The average Bonchev–Trinajstić information content (AvgIpc) is 2.78. The van der Waals surface area contributed by atoms with Crippen molar-refractivity contribution >= 4 is 23.6 Å². The fraction of sp³-hybridized carbons (Fsp3) is 0.360. The summed E-state index contributed by atoms with van der Waals surface area (Å²) in [5.74, 6) is -1.01. The Morgan fingerprint density at radius 3 is 2.45 bits per heavy atom. The molecule has 172 valence electrons. The monoisotopic (exact) mass is 450 g/mol. The summed E-state index contributed by atoms with van der Waals surface area (Å²) in [5, 5.41) is 11.8. The molecule has 0 saturated carbocycles. The molecule has 1 N–H and O–H groups in total. The van der Waals surface area contributed by atoms with Crippen LogP contribution in [0.3, 0.4) is 0 Å². The average molecular weight is 451 g/mol. The van der Waals surface area contributed by atoms with Gasteiger partial charge in [0.05, 0.1) is 0 Å². The van der Waals surface area contributed by atoms with Gasteiger partial charge in [0.2, 0.25) is 5.91 Å². The first kappa shape index (κ1) is 23.9. The zero-order valence-electron chi connectivity index (χ0n) is 19.2. The molecule has 7 nitrogen and oxygen atoms in total. The van der Waals surface area contributed by atoms with Crippen LogP contribution in [0.5, 0.6) is 0 Å². The van der Waals surface area contributed by atoms with E-state index in [-0.39, 0.29) is 23.1 Å². The number of rotatable bonds is 4. The Kier molecular flexibility index (Phi) is 7.12. The number of hydrogen-bond donors (Lipinski definition) is 1. The van der Waals surface area contributed by atoms with Gasteiger partial charge in [-0.15, -0.1) is 0 Å². The Balaban J connectivity index is 1.82. The SMILES string of the molecule is Cc1c(C=C2CCN(C(=O)C(C)C)CC2)cc(F)cc1NC(=O)c1cc(C#N)n(C)c(=O)c1. The molecule has 8 heteroatoms. The number of nitrogens with one attached hydrogen (secondary N) is 1. The second-order valence-electron chi connectivity index (χ2n) is 8.54. The summed E-state index contributed by atoms with van der Waals surface area (Å²) in [4.78, 5) is 38.8. The Labute approximate surface area is 192 Å². The maximum absolute atomic E-state index is 14.4. The van der Waals surface area contributed by atoms with Gasteiger partial charge in [-0.2, -0.15) is 5.26 Å². The summed E-state index contributed by atoms with van der Waals surface area (Å²) in [6.45, 7) is 6.81. The number of hydrogen-bond acceptors (Lipinski definition) is 4. The van der Waals surface area contributed by atoms with Crippen molar-refractivity contribution < 1.29 is 14.0 Å². The Morgan fingerprint density at radius 2 is 1.85 bits per heavy atom. The molecular weight excluding hydrogens is 423 g/mol. The van der Waals surface area contributed by atoms with Gasteiger partial charge in [-0.05, 0) is 49.1 Å². The minimum Gasteiger partial charge on any atom is -0.342 e. The van der Waals surface area contributed by atoms with Gasteiger partial charge >= 0.3 is 0 Å². The maximum Gasteiger partial charge on any atom is 0.255 e. The highest BCUT2D eigenvalue weighted by molar-refractivity contribution is 6.05. The van der Waals surface area contributed by atoms with Crippen LogP contribution in [0, 0.1) is 30.0 Å². The number of nitriles is 1. The van der Waals surface area contributed by atoms with Crippen LogP contribution < -0.4 is 10.9 Å². The predicted octanol–water partition coefficient (Wildman–Crippen LogP) is 3.62. The minimum atomic E-state index is -0.600. The van der Waals surface area contributed by atoms with Crippen LogP contribution in [0.4, 0.5) is 10.1 Å². The standard InChI is InChI=1S/C25H27FN4O3/c1-15(2)25(33)30-7-5-17(6-8-30)9-18-10-20(26)13-22(16(18)3)28-24(32)19-11-21(14-27)29(4)23(31)12-19/h9-13,15H,5-8H2,1-4H3,(H,28,32). The summed E-state index contributed by atoms with van der Waals surface area (Å²) >= 11 is 0. The van der Waals surface area contributed by atoms with Crippen molar-refractivity contribution in [2.45, 2.75) is 33.6 Å². The molecule has 1 fully saturated rings. The molecule has 2 amide bonds. The first-order chi connectivity index (χ1) is 15.6. The highest BCUT2D eigenvalue weighted by Crippen LogP contribution is 2.27. The van der Waals surface area contributed by atoms with Crippen LogP contribution in [-0.4, -0.2) is 34.4 Å². The van der Waals surface area contributed by atoms with E-state index in [2.05, 4.69) is 5.32 Å². The topological polar surface area (TPSA) is 95.2 Å². The second kappa shape index (κ2) is 9.82. The van der Waals surface area contributed by atoms with Gasteiger partial charge in [0.15, 0.2) is 0 Å². The fourth-order valence-electron chi connectivity index (χ4n) is 3.79. The number of pyridine rings is 1. The molecule has 3 rings (SSSR count). The number of carbonyl (C=O) groups excluding carboxylic acids is 2. The lowest BCUT2D eigenvalue weighted by molar-refractivity contribution is -0.134. The number of piperidine rings is 1. The van der Waals surface area contributed by atoms with Crippen molar-refractivity contribution in [3.8, 4) is 6.07 Å². The first-order valence-electron chi connectivity index (χ1n) is 10.8. The highest BCUT2D eigenvalue weighted by Gasteiger charge is 2.21. The largest absolute Gasteiger partial charge is 0.342 e. The van der Waals surface area contributed by atoms with Crippen molar-refractivity contribution in [1.82, 2.24) is 9.47 Å². The van der Waals surface area contributed by atoms with E-state index in [0.717, 1.165) is 16.2 Å². The van der Waals surface area contributed by atoms with E-state index < -0.39 is 17.3 Å². The van der Waals surface area contributed by atoms with Gasteiger partial charge in [-0.1, -0.05) is 25.5 Å². The lowest BCUT2D eigenvalue weighted by atomic mass is 9.97. The lowest BCUT2D eigenvalue weighted by Crippen LogP contribution is -2.38. The van der Waals surface area contributed by atoms with E-state index in [1.807, 2.05) is 30.9 Å². The number of amides is 2. The molecule has 1 aliphatic rings. The molecule has 2 aromatic rings. The number of carbonyl (C=O) groups is 2. The van der Waals surface area contributed by atoms with E-state index in [1.54, 1.807) is 6.92 Å². The van der Waals surface area contributed by atoms with Crippen LogP contribution in [0.1, 0.15) is 53.9 Å². The first-order valence-corrected chi connectivity index (χ1v) is 10.8. The lowest BCUT2D eigenvalue weighted by Gasteiger charge is -2.30. The molecule has 1 aromatic heterocycles. The number of likely N-dealkylation sites (tertiary alicyclic amines) is 1. The van der Waals surface area contributed by atoms with Crippen LogP contribution in [0.15, 0.2) is 34.6 Å². The van der Waals surface area contributed by atoms with E-state index in [9.17, 15) is 18.8 Å². The van der Waals surface area contributed by atoms with Crippen LogP contribution in [0.25, 0.3) is 6.08 Å². The normalized spacial score (nSPS) is 13.6. The fourth-order valence-corrected chi connectivity index (χ4v) is 3.79. The van der Waals surface area contributed by atoms with Crippen LogP contribution in [-0.2, 0) is 11.8 Å². The van der Waals surface area contributed by atoms with E-state index in [1.165, 1.54) is 25.2 Å². The summed E-state index contributed by atoms with van der Waals surface area (Å²) in [7, 11) is 1.45. The molecule has 0 unspecified atom stereocenters. The molecule has 0 atom stereocenters. The number of nitrogens with zero attached hydrogens (tertiary/aromatic N) is 3. The molecule has 0 radical (unpaired) electrons. The van der Waals surface area contributed by atoms with Gasteiger partial charge in [0.25, 0.3) is 11.5 Å². The van der Waals surface area contributed by atoms with Crippen molar-refractivity contribution in [2.75, 3.05) is 18.4 Å². The van der Waals surface area contributed by atoms with Crippen molar-refractivity contribution in [2.24, 2.45) is 13.0 Å². The molecule has 2 heterocycles. The third-order valence-electron chi connectivity index (χ3n) is 5.87. The van der Waals surface area contributed by atoms with Gasteiger partial charge in [0, 0.05) is 43.4 Å². The number of halogens is 1. The number of benzene rings is 1. The molecule has 0 aliphatic carbocycles. The third-order valence-corrected chi connectivity index (χ3v) is 5.87. The molecule has 1 aromatic carbocycles. The Bertz CT molecular complexity index is 1230. The molecule has 33 heavy (non-hydrogen) atoms. The van der Waals surface area contributed by atoms with Gasteiger partial charge in [-0.25, -0.2) is 4.39 Å². The molecular formula is C25H27FN4O3. The zero-order valence-corrected chi connectivity index (χ0v) is 19.2. The second-order valence-corrected chi connectivity index (χ2v) is 8.54. The van der Waals surface area contributed by atoms with Crippen LogP contribution >= 0.6 is 0 Å². The van der Waals surface area contributed by atoms with E-state index in [4.69, 9.17) is 5.26 Å². The summed E-state index contributed by atoms with van der Waals surface area (Å²) in [6.07, 6.45) is 3.33. The quantitative estimate of drug-likeness (QED) is 0.770. The smallest absolute Gasteiger partial charge is 0.255 e. The molecule has 1 aliphatic heterocycles. The van der Waals surface area contributed by atoms with Crippen LogP contribution in [0.2, 0.25) is 0 Å². The van der Waals surface area contributed by atoms with Crippen molar-refractivity contribution in [3.63, 3.8) is 0 Å².